The second-order valence-electron chi connectivity index (χ2n) is 7.70. The van der Waals surface area contributed by atoms with E-state index in [1.165, 1.54) is 0 Å². The Kier molecular flexibility index (Phi) is 5.18. The number of aryl methyl sites for hydroxylation is 1. The lowest BCUT2D eigenvalue weighted by atomic mass is 10.1. The Morgan fingerprint density at radius 3 is 2.61 bits per heavy atom. The van der Waals surface area contributed by atoms with E-state index in [-0.39, 0.29) is 5.56 Å². The zero-order chi connectivity index (χ0) is 21.4. The summed E-state index contributed by atoms with van der Waals surface area (Å²) in [5, 5.41) is 0.651. The molecule has 0 spiro atoms. The number of hydrogen-bond acceptors (Lipinski definition) is 5. The van der Waals surface area contributed by atoms with Gasteiger partial charge in [-0.15, -0.1) is 0 Å². The number of hydrogen-bond donors (Lipinski definition) is 1. The summed E-state index contributed by atoms with van der Waals surface area (Å²) in [6.45, 7) is 3.89. The first-order valence-corrected chi connectivity index (χ1v) is 10.6. The smallest absolute Gasteiger partial charge is 0.255 e. The molecular formula is C24H21ClN4O2. The number of rotatable bonds is 4. The summed E-state index contributed by atoms with van der Waals surface area (Å²) in [4.78, 5) is 27.3. The molecule has 1 aliphatic rings. The molecule has 0 fully saturated rings. The molecule has 6 nitrogen and oxygen atoms in total. The molecule has 0 aliphatic carbocycles. The predicted octanol–water partition coefficient (Wildman–Crippen LogP) is 4.61. The van der Waals surface area contributed by atoms with Crippen LogP contribution in [-0.2, 0) is 19.5 Å². The minimum Gasteiger partial charge on any atom is -0.441 e. The van der Waals surface area contributed by atoms with Crippen molar-refractivity contribution < 1.29 is 4.42 Å². The zero-order valence-electron chi connectivity index (χ0n) is 17.1. The van der Waals surface area contributed by atoms with Crippen molar-refractivity contribution in [3.05, 3.63) is 92.7 Å². The van der Waals surface area contributed by atoms with Crippen molar-refractivity contribution in [3.63, 3.8) is 0 Å². The van der Waals surface area contributed by atoms with Gasteiger partial charge in [0.1, 0.15) is 11.6 Å². The van der Waals surface area contributed by atoms with Gasteiger partial charge in [-0.05, 0) is 43.3 Å². The van der Waals surface area contributed by atoms with Gasteiger partial charge in [-0.1, -0.05) is 29.8 Å². The van der Waals surface area contributed by atoms with Crippen LogP contribution in [-0.4, -0.2) is 26.4 Å². The normalized spacial score (nSPS) is 13.9. The Morgan fingerprint density at radius 1 is 1.06 bits per heavy atom. The molecular weight excluding hydrogens is 412 g/mol. The van der Waals surface area contributed by atoms with Gasteiger partial charge in [0.05, 0.1) is 17.0 Å². The van der Waals surface area contributed by atoms with Crippen LogP contribution in [0.15, 0.2) is 63.8 Å². The molecule has 0 bridgehead atoms. The topological polar surface area (TPSA) is 75.0 Å². The SMILES string of the molecule is Cc1oc(-c2ccccc2)nc1CN1CCc2nc(-c3ccc(Cl)cc3)[nH]c(=O)c2C1. The maximum atomic E-state index is 12.8. The number of H-pyrrole nitrogens is 1. The van der Waals surface area contributed by atoms with Crippen molar-refractivity contribution in [3.8, 4) is 22.8 Å². The average molecular weight is 433 g/mol. The maximum absolute atomic E-state index is 12.8. The van der Waals surface area contributed by atoms with Crippen molar-refractivity contribution in [2.45, 2.75) is 26.4 Å². The molecule has 156 valence electrons. The van der Waals surface area contributed by atoms with Crippen molar-refractivity contribution >= 4 is 11.6 Å². The van der Waals surface area contributed by atoms with E-state index in [1.807, 2.05) is 49.4 Å². The first-order chi connectivity index (χ1) is 15.1. The van der Waals surface area contributed by atoms with Gasteiger partial charge in [0.15, 0.2) is 0 Å². The molecule has 0 saturated carbocycles. The number of halogens is 1. The lowest BCUT2D eigenvalue weighted by Gasteiger charge is -2.27. The van der Waals surface area contributed by atoms with Gasteiger partial charge < -0.3 is 9.40 Å². The number of oxazole rings is 1. The van der Waals surface area contributed by atoms with Gasteiger partial charge in [-0.25, -0.2) is 9.97 Å². The summed E-state index contributed by atoms with van der Waals surface area (Å²) in [6, 6.07) is 17.2. The first-order valence-electron chi connectivity index (χ1n) is 10.2. The molecule has 2 aromatic heterocycles. The fraction of sp³-hybridized carbons (Fsp3) is 0.208. The van der Waals surface area contributed by atoms with Crippen LogP contribution in [0.25, 0.3) is 22.8 Å². The highest BCUT2D eigenvalue weighted by molar-refractivity contribution is 6.30. The van der Waals surface area contributed by atoms with Crippen LogP contribution in [0.2, 0.25) is 5.02 Å². The highest BCUT2D eigenvalue weighted by Crippen LogP contribution is 2.25. The third-order valence-electron chi connectivity index (χ3n) is 5.55. The molecule has 0 unspecified atom stereocenters. The molecule has 5 rings (SSSR count). The van der Waals surface area contributed by atoms with Gasteiger partial charge in [0.2, 0.25) is 5.89 Å². The summed E-state index contributed by atoms with van der Waals surface area (Å²) in [6.07, 6.45) is 0.711. The lowest BCUT2D eigenvalue weighted by molar-refractivity contribution is 0.238. The van der Waals surface area contributed by atoms with Crippen LogP contribution in [0.5, 0.6) is 0 Å². The largest absolute Gasteiger partial charge is 0.441 e. The predicted molar refractivity (Wildman–Crippen MR) is 120 cm³/mol. The zero-order valence-corrected chi connectivity index (χ0v) is 17.8. The molecule has 0 atom stereocenters. The fourth-order valence-corrected chi connectivity index (χ4v) is 3.98. The van der Waals surface area contributed by atoms with Gasteiger partial charge in [0.25, 0.3) is 5.56 Å². The number of aromatic nitrogens is 3. The van der Waals surface area contributed by atoms with Gasteiger partial charge in [-0.3, -0.25) is 9.69 Å². The van der Waals surface area contributed by atoms with E-state index >= 15 is 0 Å². The van der Waals surface area contributed by atoms with Crippen LogP contribution >= 0.6 is 11.6 Å². The van der Waals surface area contributed by atoms with Crippen LogP contribution in [0, 0.1) is 6.92 Å². The van der Waals surface area contributed by atoms with Crippen LogP contribution < -0.4 is 5.56 Å². The monoisotopic (exact) mass is 432 g/mol. The summed E-state index contributed by atoms with van der Waals surface area (Å²) >= 11 is 5.97. The molecule has 1 aliphatic heterocycles. The van der Waals surface area contributed by atoms with Crippen LogP contribution in [0.4, 0.5) is 0 Å². The molecule has 31 heavy (non-hydrogen) atoms. The third-order valence-corrected chi connectivity index (χ3v) is 5.80. The van der Waals surface area contributed by atoms with Crippen molar-refractivity contribution in [1.82, 2.24) is 19.9 Å². The molecule has 1 N–H and O–H groups in total. The van der Waals surface area contributed by atoms with Crippen LogP contribution in [0.3, 0.4) is 0 Å². The van der Waals surface area contributed by atoms with E-state index in [1.54, 1.807) is 12.1 Å². The summed E-state index contributed by atoms with van der Waals surface area (Å²) < 4.78 is 5.88. The van der Waals surface area contributed by atoms with E-state index in [9.17, 15) is 4.79 Å². The van der Waals surface area contributed by atoms with Gasteiger partial charge in [0, 0.05) is 42.2 Å². The highest BCUT2D eigenvalue weighted by Gasteiger charge is 2.23. The van der Waals surface area contributed by atoms with Crippen molar-refractivity contribution in [1.29, 1.82) is 0 Å². The Labute approximate surface area is 184 Å². The van der Waals surface area contributed by atoms with E-state index in [2.05, 4.69) is 9.88 Å². The second-order valence-corrected chi connectivity index (χ2v) is 8.13. The molecule has 0 amide bonds. The van der Waals surface area contributed by atoms with E-state index in [0.717, 1.165) is 34.8 Å². The minimum atomic E-state index is -0.0958. The number of benzene rings is 2. The van der Waals surface area contributed by atoms with Crippen LogP contribution in [0.1, 0.15) is 22.7 Å². The molecule has 2 aromatic carbocycles. The molecule has 3 heterocycles. The number of nitrogens with zero attached hydrogens (tertiary/aromatic N) is 3. The summed E-state index contributed by atoms with van der Waals surface area (Å²) in [5.41, 5.74) is 4.17. The highest BCUT2D eigenvalue weighted by atomic mass is 35.5. The number of aromatic amines is 1. The Bertz CT molecular complexity index is 1280. The standard InChI is InChI=1S/C24H21ClN4O2/c1-15-21(27-24(31-15)17-5-3-2-4-6-17)14-29-12-11-20-19(13-29)23(30)28-22(26-20)16-7-9-18(25)10-8-16/h2-10H,11-14H2,1H3,(H,26,28,30). The first kappa shape index (κ1) is 19.7. The fourth-order valence-electron chi connectivity index (χ4n) is 3.85. The second kappa shape index (κ2) is 8.13. The Balaban J connectivity index is 1.36. The molecule has 0 radical (unpaired) electrons. The van der Waals surface area contributed by atoms with Crippen molar-refractivity contribution in [2.75, 3.05) is 6.54 Å². The Hall–Kier alpha value is -3.22. The minimum absolute atomic E-state index is 0.0958. The van der Waals surface area contributed by atoms with Crippen molar-refractivity contribution in [2.24, 2.45) is 0 Å². The molecule has 7 heteroatoms. The number of fused-ring (bicyclic) bond motifs is 1. The summed E-state index contributed by atoms with van der Waals surface area (Å²) in [5.74, 6) is 2.00. The average Bonchev–Trinajstić information content (AvgIpc) is 3.15. The van der Waals surface area contributed by atoms with E-state index < -0.39 is 0 Å². The third kappa shape index (κ3) is 4.04. The van der Waals surface area contributed by atoms with E-state index in [4.69, 9.17) is 26.0 Å². The maximum Gasteiger partial charge on any atom is 0.255 e. The summed E-state index contributed by atoms with van der Waals surface area (Å²) in [7, 11) is 0. The number of nitrogens with one attached hydrogen (secondary N) is 1. The molecule has 0 saturated heterocycles. The Morgan fingerprint density at radius 2 is 1.84 bits per heavy atom. The quantitative estimate of drug-likeness (QED) is 0.509. The molecule has 4 aromatic rings. The lowest BCUT2D eigenvalue weighted by Crippen LogP contribution is -2.35. The van der Waals surface area contributed by atoms with Gasteiger partial charge >= 0.3 is 0 Å². The van der Waals surface area contributed by atoms with E-state index in [0.29, 0.717) is 41.8 Å². The van der Waals surface area contributed by atoms with Gasteiger partial charge in [-0.2, -0.15) is 0 Å².